The van der Waals surface area contributed by atoms with Crippen molar-refractivity contribution >= 4 is 27.5 Å². The zero-order valence-corrected chi connectivity index (χ0v) is 20.2. The van der Waals surface area contributed by atoms with E-state index >= 15 is 0 Å². The Morgan fingerprint density at radius 3 is 2.79 bits per heavy atom. The number of nitrogens with one attached hydrogen (secondary N) is 1. The average Bonchev–Trinajstić information content (AvgIpc) is 3.45. The van der Waals surface area contributed by atoms with Crippen molar-refractivity contribution in [2.45, 2.75) is 26.5 Å². The summed E-state index contributed by atoms with van der Waals surface area (Å²) in [5, 5.41) is 18.1. The van der Waals surface area contributed by atoms with E-state index in [0.29, 0.717) is 39.0 Å². The van der Waals surface area contributed by atoms with E-state index in [1.165, 1.54) is 29.2 Å². The van der Waals surface area contributed by atoms with E-state index in [1.54, 1.807) is 43.2 Å². The van der Waals surface area contributed by atoms with Gasteiger partial charge in [0.15, 0.2) is 17.4 Å². The molecule has 34 heavy (non-hydrogen) atoms. The van der Waals surface area contributed by atoms with Gasteiger partial charge in [0.2, 0.25) is 0 Å². The molecule has 0 aliphatic heterocycles. The predicted octanol–water partition coefficient (Wildman–Crippen LogP) is 4.77. The summed E-state index contributed by atoms with van der Waals surface area (Å²) in [5.74, 6) is -0.344. The monoisotopic (exact) mass is 528 g/mol. The highest BCUT2D eigenvalue weighted by Crippen LogP contribution is 2.35. The molecule has 2 N–H and O–H groups in total. The number of rotatable bonds is 8. The van der Waals surface area contributed by atoms with Gasteiger partial charge < -0.3 is 4.74 Å². The standard InChI is InChI=1S/C23H22BrFN6O3/c1-4-31-11-14(9-27-31)22(32)19-12-30(3)28-21(19)17-6-5-16(25)8-18(17)13(2)34-20-7-15(24)10-26-23(20)29-33/h5-13,33H,4H2,1-3H3,(H,26,29)/t13-/m1/s1. The smallest absolute Gasteiger partial charge is 0.199 e. The zero-order valence-electron chi connectivity index (χ0n) is 18.7. The summed E-state index contributed by atoms with van der Waals surface area (Å²) in [6.07, 6.45) is 5.65. The Bertz CT molecular complexity index is 1350. The molecule has 0 fully saturated rings. The molecule has 9 nitrogen and oxygen atoms in total. The Labute approximate surface area is 203 Å². The van der Waals surface area contributed by atoms with E-state index in [9.17, 15) is 14.4 Å². The number of ketones is 1. The molecule has 0 aliphatic carbocycles. The third-order valence-electron chi connectivity index (χ3n) is 5.23. The van der Waals surface area contributed by atoms with E-state index in [-0.39, 0.29) is 17.4 Å². The first kappa shape index (κ1) is 23.6. The summed E-state index contributed by atoms with van der Waals surface area (Å²) >= 11 is 3.32. The molecule has 4 aromatic rings. The number of hydrogen-bond donors (Lipinski definition) is 2. The van der Waals surface area contributed by atoms with Crippen LogP contribution < -0.4 is 10.2 Å². The maximum atomic E-state index is 14.3. The minimum atomic E-state index is -0.679. The molecule has 0 radical (unpaired) electrons. The molecule has 0 aliphatic rings. The van der Waals surface area contributed by atoms with Crippen molar-refractivity contribution in [2.24, 2.45) is 7.05 Å². The molecule has 1 atom stereocenters. The van der Waals surface area contributed by atoms with Crippen LogP contribution in [0.5, 0.6) is 5.75 Å². The van der Waals surface area contributed by atoms with Crippen LogP contribution >= 0.6 is 15.9 Å². The third-order valence-corrected chi connectivity index (χ3v) is 5.66. The first-order chi connectivity index (χ1) is 16.3. The van der Waals surface area contributed by atoms with Crippen LogP contribution in [0.2, 0.25) is 0 Å². The number of anilines is 1. The molecule has 1 aromatic carbocycles. The predicted molar refractivity (Wildman–Crippen MR) is 126 cm³/mol. The molecule has 3 aromatic heterocycles. The van der Waals surface area contributed by atoms with Gasteiger partial charge in [-0.25, -0.2) is 14.9 Å². The molecule has 0 unspecified atom stereocenters. The van der Waals surface area contributed by atoms with Crippen LogP contribution in [0.15, 0.2) is 53.5 Å². The molecule has 0 bridgehead atoms. The van der Waals surface area contributed by atoms with E-state index in [1.807, 2.05) is 12.4 Å². The summed E-state index contributed by atoms with van der Waals surface area (Å²) in [7, 11) is 1.71. The lowest BCUT2D eigenvalue weighted by Gasteiger charge is -2.19. The van der Waals surface area contributed by atoms with Crippen LogP contribution in [0.1, 0.15) is 41.4 Å². The number of carbonyl (C=O) groups is 1. The van der Waals surface area contributed by atoms with Crippen molar-refractivity contribution in [2.75, 3.05) is 5.48 Å². The van der Waals surface area contributed by atoms with Crippen LogP contribution in [0, 0.1) is 5.82 Å². The molecule has 3 heterocycles. The number of halogens is 2. The summed E-state index contributed by atoms with van der Waals surface area (Å²) < 4.78 is 24.2. The van der Waals surface area contributed by atoms with Gasteiger partial charge in [0, 0.05) is 47.8 Å². The molecule has 0 amide bonds. The quantitative estimate of drug-likeness (QED) is 0.250. The van der Waals surface area contributed by atoms with Gasteiger partial charge in [0.1, 0.15) is 17.6 Å². The Hall–Kier alpha value is -3.57. The summed E-state index contributed by atoms with van der Waals surface area (Å²) in [6, 6.07) is 5.85. The molecule has 0 saturated heterocycles. The average molecular weight is 529 g/mol. The second kappa shape index (κ2) is 9.74. The third kappa shape index (κ3) is 4.70. The van der Waals surface area contributed by atoms with E-state index in [2.05, 4.69) is 31.1 Å². The first-order valence-electron chi connectivity index (χ1n) is 10.4. The number of carbonyl (C=O) groups excluding carboxylic acids is 1. The van der Waals surface area contributed by atoms with Crippen LogP contribution in [-0.2, 0) is 13.6 Å². The molecular formula is C23H22BrFN6O3. The van der Waals surface area contributed by atoms with Crippen molar-refractivity contribution in [1.29, 1.82) is 0 Å². The highest BCUT2D eigenvalue weighted by atomic mass is 79.9. The lowest BCUT2D eigenvalue weighted by molar-refractivity contribution is 0.103. The van der Waals surface area contributed by atoms with Gasteiger partial charge >= 0.3 is 0 Å². The van der Waals surface area contributed by atoms with Crippen molar-refractivity contribution in [1.82, 2.24) is 24.5 Å². The normalized spacial score (nSPS) is 11.9. The Morgan fingerprint density at radius 1 is 1.29 bits per heavy atom. The summed E-state index contributed by atoms with van der Waals surface area (Å²) in [4.78, 5) is 17.3. The number of pyridine rings is 1. The van der Waals surface area contributed by atoms with Crippen LogP contribution in [0.3, 0.4) is 0 Å². The maximum Gasteiger partial charge on any atom is 0.199 e. The second-order valence-corrected chi connectivity index (χ2v) is 8.50. The maximum absolute atomic E-state index is 14.3. The number of benzene rings is 1. The lowest BCUT2D eigenvalue weighted by Crippen LogP contribution is -2.09. The Morgan fingerprint density at radius 2 is 2.09 bits per heavy atom. The highest BCUT2D eigenvalue weighted by Gasteiger charge is 2.24. The number of hydrogen-bond acceptors (Lipinski definition) is 7. The van der Waals surface area contributed by atoms with Crippen LogP contribution in [0.25, 0.3) is 11.3 Å². The van der Waals surface area contributed by atoms with Gasteiger partial charge in [-0.15, -0.1) is 0 Å². The fourth-order valence-electron chi connectivity index (χ4n) is 3.60. The molecular weight excluding hydrogens is 507 g/mol. The van der Waals surface area contributed by atoms with Crippen molar-refractivity contribution < 1.29 is 19.1 Å². The van der Waals surface area contributed by atoms with Gasteiger partial charge in [-0.05, 0) is 54.0 Å². The van der Waals surface area contributed by atoms with Gasteiger partial charge in [-0.1, -0.05) is 0 Å². The molecule has 11 heteroatoms. The van der Waals surface area contributed by atoms with Gasteiger partial charge in [0.05, 0.1) is 17.3 Å². The lowest BCUT2D eigenvalue weighted by atomic mass is 9.96. The van der Waals surface area contributed by atoms with Gasteiger partial charge in [0.25, 0.3) is 0 Å². The van der Waals surface area contributed by atoms with Gasteiger partial charge in [-0.2, -0.15) is 10.2 Å². The van der Waals surface area contributed by atoms with Crippen molar-refractivity contribution in [3.05, 3.63) is 76.0 Å². The van der Waals surface area contributed by atoms with Crippen LogP contribution in [-0.4, -0.2) is 35.5 Å². The highest BCUT2D eigenvalue weighted by molar-refractivity contribution is 9.10. The minimum Gasteiger partial charge on any atom is -0.482 e. The largest absolute Gasteiger partial charge is 0.482 e. The molecule has 4 rings (SSSR count). The van der Waals surface area contributed by atoms with E-state index in [4.69, 9.17) is 4.74 Å². The Kier molecular flexibility index (Phi) is 6.75. The molecule has 0 saturated carbocycles. The van der Waals surface area contributed by atoms with Crippen molar-refractivity contribution in [3.63, 3.8) is 0 Å². The van der Waals surface area contributed by atoms with E-state index in [0.717, 1.165) is 0 Å². The number of aryl methyl sites for hydroxylation is 2. The Balaban J connectivity index is 1.76. The summed E-state index contributed by atoms with van der Waals surface area (Å²) in [5.41, 5.74) is 4.20. The van der Waals surface area contributed by atoms with Gasteiger partial charge in [-0.3, -0.25) is 19.4 Å². The first-order valence-corrected chi connectivity index (χ1v) is 11.2. The van der Waals surface area contributed by atoms with Crippen molar-refractivity contribution in [3.8, 4) is 17.0 Å². The summed E-state index contributed by atoms with van der Waals surface area (Å²) in [6.45, 7) is 4.30. The number of ether oxygens (including phenoxy) is 1. The SMILES string of the molecule is CCn1cc(C(=O)c2cn(C)nc2-c2ccc(F)cc2[C@@H](C)Oc2cc(Br)cnc2NO)cn1. The fraction of sp³-hybridized carbons (Fsp3) is 0.217. The molecule has 176 valence electrons. The fourth-order valence-corrected chi connectivity index (χ4v) is 3.91. The zero-order chi connectivity index (χ0) is 24.4. The van der Waals surface area contributed by atoms with Crippen LogP contribution in [0.4, 0.5) is 10.2 Å². The number of nitrogens with zero attached hydrogens (tertiary/aromatic N) is 5. The second-order valence-electron chi connectivity index (χ2n) is 7.58. The topological polar surface area (TPSA) is 107 Å². The number of aromatic nitrogens is 5. The minimum absolute atomic E-state index is 0.106. The molecule has 0 spiro atoms. The van der Waals surface area contributed by atoms with E-state index < -0.39 is 11.9 Å².